The summed E-state index contributed by atoms with van der Waals surface area (Å²) in [6.45, 7) is 0.528. The minimum atomic E-state index is -0.735. The molecule has 0 aromatic heterocycles. The molecule has 1 aromatic rings. The van der Waals surface area contributed by atoms with Crippen molar-refractivity contribution in [1.29, 1.82) is 0 Å². The van der Waals surface area contributed by atoms with Crippen molar-refractivity contribution in [2.75, 3.05) is 6.54 Å². The Labute approximate surface area is 155 Å². The van der Waals surface area contributed by atoms with Crippen LogP contribution in [0, 0.1) is 5.92 Å². The molecule has 2 aliphatic heterocycles. The molecule has 1 unspecified atom stereocenters. The van der Waals surface area contributed by atoms with E-state index in [9.17, 15) is 9.90 Å². The number of aliphatic hydroxyl groups excluding tert-OH is 1. The lowest BCUT2D eigenvalue weighted by atomic mass is 9.82. The molecule has 5 atom stereocenters. The molecule has 142 valence electrons. The number of aliphatic hydroxyl groups is 1. The summed E-state index contributed by atoms with van der Waals surface area (Å²) in [5.41, 5.74) is 0.930. The number of allylic oxidation sites excluding steroid dienone is 2. The first-order valence-electron chi connectivity index (χ1n) is 9.64. The molecule has 0 radical (unpaired) electrons. The number of carbonyl (C=O) groups is 1. The Hall–Kier alpha value is -1.69. The highest BCUT2D eigenvalue weighted by Crippen LogP contribution is 2.41. The van der Waals surface area contributed by atoms with E-state index in [-0.39, 0.29) is 18.6 Å². The quantitative estimate of drug-likeness (QED) is 0.442. The highest BCUT2D eigenvalue weighted by atomic mass is 16.5. The van der Waals surface area contributed by atoms with Gasteiger partial charge in [-0.1, -0.05) is 42.5 Å². The van der Waals surface area contributed by atoms with Crippen LogP contribution in [-0.4, -0.2) is 41.0 Å². The van der Waals surface area contributed by atoms with Gasteiger partial charge in [0, 0.05) is 24.9 Å². The fourth-order valence-electron chi connectivity index (χ4n) is 4.14. The lowest BCUT2D eigenvalue weighted by Crippen LogP contribution is -2.45. The summed E-state index contributed by atoms with van der Waals surface area (Å²) in [5, 5.41) is 22.6. The number of aliphatic carboxylic acids is 1. The Morgan fingerprint density at radius 3 is 2.77 bits per heavy atom. The number of nitrogens with one attached hydrogen (secondary N) is 1. The van der Waals surface area contributed by atoms with Gasteiger partial charge in [-0.3, -0.25) is 4.79 Å². The number of rotatable bonds is 10. The van der Waals surface area contributed by atoms with E-state index in [2.05, 4.69) is 17.5 Å². The van der Waals surface area contributed by atoms with Gasteiger partial charge in [-0.15, -0.1) is 0 Å². The van der Waals surface area contributed by atoms with Crippen LogP contribution < -0.4 is 5.32 Å². The number of benzene rings is 1. The monoisotopic (exact) mass is 359 g/mol. The minimum absolute atomic E-state index is 0.225. The Bertz CT molecular complexity index is 603. The predicted octanol–water partition coefficient (Wildman–Crippen LogP) is 3.06. The van der Waals surface area contributed by atoms with Gasteiger partial charge in [0.05, 0.1) is 18.3 Å². The zero-order valence-corrected chi connectivity index (χ0v) is 15.1. The number of unbranched alkanes of at least 4 members (excludes halogenated alkanes) is 1. The van der Waals surface area contributed by atoms with Crippen LogP contribution in [-0.2, 0) is 9.53 Å². The van der Waals surface area contributed by atoms with Gasteiger partial charge in [-0.2, -0.15) is 0 Å². The van der Waals surface area contributed by atoms with Crippen molar-refractivity contribution in [3.8, 4) is 0 Å². The summed E-state index contributed by atoms with van der Waals surface area (Å²) < 4.78 is 6.09. The number of hydrogen-bond donors (Lipinski definition) is 3. The first-order chi connectivity index (χ1) is 12.6. The Kier molecular flexibility index (Phi) is 6.83. The fraction of sp³-hybridized carbons (Fsp3) is 0.571. The van der Waals surface area contributed by atoms with E-state index in [1.165, 1.54) is 0 Å². The maximum Gasteiger partial charge on any atom is 0.303 e. The summed E-state index contributed by atoms with van der Waals surface area (Å²) in [4.78, 5) is 10.5. The molecule has 0 spiro atoms. The molecular formula is C21H29NO4. The largest absolute Gasteiger partial charge is 0.481 e. The molecule has 2 aliphatic rings. The summed E-state index contributed by atoms with van der Waals surface area (Å²) in [5.74, 6) is -0.311. The topological polar surface area (TPSA) is 78.8 Å². The van der Waals surface area contributed by atoms with Gasteiger partial charge in [-0.05, 0) is 37.7 Å². The van der Waals surface area contributed by atoms with Gasteiger partial charge in [-0.25, -0.2) is 0 Å². The number of ether oxygens (including phenoxy) is 1. The van der Waals surface area contributed by atoms with Crippen LogP contribution in [0.4, 0.5) is 0 Å². The molecule has 2 saturated heterocycles. The molecule has 5 heteroatoms. The van der Waals surface area contributed by atoms with Crippen molar-refractivity contribution < 1.29 is 19.7 Å². The second-order valence-corrected chi connectivity index (χ2v) is 7.31. The molecule has 1 aromatic carbocycles. The number of hydrogen-bond acceptors (Lipinski definition) is 4. The van der Waals surface area contributed by atoms with Crippen molar-refractivity contribution in [3.05, 3.63) is 48.0 Å². The second kappa shape index (κ2) is 9.31. The highest BCUT2D eigenvalue weighted by Gasteiger charge is 2.47. The third-order valence-electron chi connectivity index (χ3n) is 5.49. The lowest BCUT2D eigenvalue weighted by Gasteiger charge is -2.29. The van der Waals surface area contributed by atoms with Gasteiger partial charge < -0.3 is 20.3 Å². The van der Waals surface area contributed by atoms with Gasteiger partial charge in [0.15, 0.2) is 0 Å². The Balaban J connectivity index is 1.47. The predicted molar refractivity (Wildman–Crippen MR) is 99.8 cm³/mol. The smallest absolute Gasteiger partial charge is 0.303 e. The first-order valence-corrected chi connectivity index (χ1v) is 9.64. The number of carboxylic acid groups (broad SMARTS) is 1. The average Bonchev–Trinajstić information content (AvgIpc) is 3.24. The van der Waals surface area contributed by atoms with Crippen molar-refractivity contribution in [2.45, 2.75) is 62.9 Å². The van der Waals surface area contributed by atoms with E-state index in [4.69, 9.17) is 9.84 Å². The van der Waals surface area contributed by atoms with Gasteiger partial charge >= 0.3 is 5.97 Å². The number of carboxylic acids is 1. The van der Waals surface area contributed by atoms with Gasteiger partial charge in [0.25, 0.3) is 0 Å². The zero-order chi connectivity index (χ0) is 18.4. The summed E-state index contributed by atoms with van der Waals surface area (Å²) >= 11 is 0. The normalized spacial score (nSPS) is 28.7. The van der Waals surface area contributed by atoms with Crippen molar-refractivity contribution in [2.24, 2.45) is 5.92 Å². The Morgan fingerprint density at radius 2 is 2.00 bits per heavy atom. The summed E-state index contributed by atoms with van der Waals surface area (Å²) in [6.07, 6.45) is 9.14. The van der Waals surface area contributed by atoms with Gasteiger partial charge in [0.2, 0.25) is 0 Å². The molecular weight excluding hydrogens is 330 g/mol. The zero-order valence-electron chi connectivity index (χ0n) is 15.1. The SMILES string of the molecule is O=C(O)CCCC=CC[C@@H]1[C@H](NCC(O)c2ccccc2)[C@@H]2CC[C@H]1O2. The molecule has 0 amide bonds. The summed E-state index contributed by atoms with van der Waals surface area (Å²) in [6, 6.07) is 10.00. The fourth-order valence-corrected chi connectivity index (χ4v) is 4.14. The molecule has 0 aliphatic carbocycles. The van der Waals surface area contributed by atoms with E-state index in [1.54, 1.807) is 0 Å². The molecule has 3 rings (SSSR count). The van der Waals surface area contributed by atoms with Crippen molar-refractivity contribution in [3.63, 3.8) is 0 Å². The third kappa shape index (κ3) is 4.93. The lowest BCUT2D eigenvalue weighted by molar-refractivity contribution is -0.137. The van der Waals surface area contributed by atoms with Crippen LogP contribution in [0.5, 0.6) is 0 Å². The van der Waals surface area contributed by atoms with Crippen molar-refractivity contribution in [1.82, 2.24) is 5.32 Å². The molecule has 26 heavy (non-hydrogen) atoms. The van der Waals surface area contributed by atoms with Crippen LogP contribution in [0.1, 0.15) is 50.2 Å². The standard InChI is InChI=1S/C21H29NO4/c23-17(15-8-4-3-5-9-15)14-22-21-16(18-12-13-19(21)26-18)10-6-1-2-7-11-20(24)25/h1,3-6,8-9,16-19,21-23H,2,7,10-14H2,(H,24,25)/t16-,17?,18+,19-,21-/m0/s1. The second-order valence-electron chi connectivity index (χ2n) is 7.31. The first kappa shape index (κ1) is 19.1. The van der Waals surface area contributed by atoms with E-state index in [0.29, 0.717) is 25.0 Å². The van der Waals surface area contributed by atoms with Crippen LogP contribution in [0.15, 0.2) is 42.5 Å². The molecule has 5 nitrogen and oxygen atoms in total. The van der Waals surface area contributed by atoms with Crippen LogP contribution >= 0.6 is 0 Å². The number of fused-ring (bicyclic) bond motifs is 2. The van der Waals surface area contributed by atoms with Crippen LogP contribution in [0.25, 0.3) is 0 Å². The molecule has 0 saturated carbocycles. The van der Waals surface area contributed by atoms with Gasteiger partial charge in [0.1, 0.15) is 0 Å². The molecule has 2 heterocycles. The van der Waals surface area contributed by atoms with E-state index < -0.39 is 12.1 Å². The van der Waals surface area contributed by atoms with E-state index in [1.807, 2.05) is 30.3 Å². The third-order valence-corrected chi connectivity index (χ3v) is 5.49. The molecule has 3 N–H and O–H groups in total. The minimum Gasteiger partial charge on any atom is -0.481 e. The highest BCUT2D eigenvalue weighted by molar-refractivity contribution is 5.66. The summed E-state index contributed by atoms with van der Waals surface area (Å²) in [7, 11) is 0. The maximum absolute atomic E-state index is 10.5. The van der Waals surface area contributed by atoms with E-state index >= 15 is 0 Å². The van der Waals surface area contributed by atoms with Crippen LogP contribution in [0.2, 0.25) is 0 Å². The van der Waals surface area contributed by atoms with Crippen molar-refractivity contribution >= 4 is 5.97 Å². The Morgan fingerprint density at radius 1 is 1.23 bits per heavy atom. The van der Waals surface area contributed by atoms with E-state index in [0.717, 1.165) is 31.2 Å². The maximum atomic E-state index is 10.5. The molecule has 2 bridgehead atoms. The average molecular weight is 359 g/mol. The van der Waals surface area contributed by atoms with Crippen LogP contribution in [0.3, 0.4) is 0 Å². The molecule has 2 fully saturated rings.